The lowest BCUT2D eigenvalue weighted by Gasteiger charge is -2.24. The summed E-state index contributed by atoms with van der Waals surface area (Å²) in [7, 11) is 3.04. The second-order valence-corrected chi connectivity index (χ2v) is 4.77. The van der Waals surface area contributed by atoms with Crippen LogP contribution in [0.15, 0.2) is 18.2 Å². The van der Waals surface area contributed by atoms with Gasteiger partial charge in [-0.2, -0.15) is 0 Å². The number of carbonyl (C=O) groups is 2. The van der Waals surface area contributed by atoms with E-state index < -0.39 is 17.9 Å². The van der Waals surface area contributed by atoms with Crippen LogP contribution in [0.3, 0.4) is 0 Å². The van der Waals surface area contributed by atoms with Gasteiger partial charge in [0, 0.05) is 0 Å². The maximum absolute atomic E-state index is 12.1. The predicted molar refractivity (Wildman–Crippen MR) is 73.2 cm³/mol. The van der Waals surface area contributed by atoms with Crippen LogP contribution in [-0.4, -0.2) is 37.7 Å². The summed E-state index contributed by atoms with van der Waals surface area (Å²) in [5, 5.41) is 11.0. The van der Waals surface area contributed by atoms with Crippen LogP contribution in [0.25, 0.3) is 0 Å². The minimum absolute atomic E-state index is 0.368. The van der Waals surface area contributed by atoms with Gasteiger partial charge in [-0.15, -0.1) is 0 Å². The molecule has 6 nitrogen and oxygen atoms in total. The molecule has 0 heterocycles. The van der Waals surface area contributed by atoms with E-state index in [-0.39, 0.29) is 5.91 Å². The number of ether oxygens (including phenoxy) is 2. The predicted octanol–water partition coefficient (Wildman–Crippen LogP) is 1.18. The van der Waals surface area contributed by atoms with Crippen molar-refractivity contribution in [2.24, 2.45) is 0 Å². The van der Waals surface area contributed by atoms with Gasteiger partial charge in [0.1, 0.15) is 6.54 Å². The second kappa shape index (κ2) is 6.27. The van der Waals surface area contributed by atoms with Crippen molar-refractivity contribution in [3.8, 4) is 11.5 Å². The molecule has 0 radical (unpaired) electrons. The number of nitrogens with one attached hydrogen (secondary N) is 1. The Morgan fingerprint density at radius 1 is 1.20 bits per heavy atom. The van der Waals surface area contributed by atoms with E-state index in [2.05, 4.69) is 5.32 Å². The molecule has 1 amide bonds. The zero-order chi connectivity index (χ0) is 15.3. The van der Waals surface area contributed by atoms with Gasteiger partial charge in [-0.3, -0.25) is 9.59 Å². The maximum Gasteiger partial charge on any atom is 0.322 e. The third-order valence-electron chi connectivity index (χ3n) is 3.07. The molecule has 1 aromatic carbocycles. The van der Waals surface area contributed by atoms with Gasteiger partial charge in [-0.1, -0.05) is 6.07 Å². The number of hydrogen-bond donors (Lipinski definition) is 2. The maximum atomic E-state index is 12.1. The molecule has 0 aliphatic rings. The quantitative estimate of drug-likeness (QED) is 0.818. The van der Waals surface area contributed by atoms with Crippen molar-refractivity contribution in [2.45, 2.75) is 19.3 Å². The Bertz CT molecular complexity index is 510. The Morgan fingerprint density at radius 2 is 1.80 bits per heavy atom. The smallest absolute Gasteiger partial charge is 0.322 e. The summed E-state index contributed by atoms with van der Waals surface area (Å²) in [5.74, 6) is -0.365. The minimum Gasteiger partial charge on any atom is -0.493 e. The number of benzene rings is 1. The van der Waals surface area contributed by atoms with Crippen molar-refractivity contribution < 1.29 is 24.2 Å². The number of aliphatic carboxylic acids is 1. The highest BCUT2D eigenvalue weighted by molar-refractivity contribution is 5.89. The highest BCUT2D eigenvalue weighted by atomic mass is 16.5. The molecule has 0 aliphatic carbocycles. The number of carboxylic acids is 1. The van der Waals surface area contributed by atoms with Gasteiger partial charge in [0.05, 0.1) is 19.6 Å². The first-order chi connectivity index (χ1) is 9.32. The lowest BCUT2D eigenvalue weighted by molar-refractivity contribution is -0.138. The van der Waals surface area contributed by atoms with Crippen molar-refractivity contribution >= 4 is 11.9 Å². The van der Waals surface area contributed by atoms with E-state index >= 15 is 0 Å². The summed E-state index contributed by atoms with van der Waals surface area (Å²) in [6.45, 7) is 3.02. The first kappa shape index (κ1) is 15.8. The number of rotatable bonds is 6. The van der Waals surface area contributed by atoms with E-state index in [9.17, 15) is 9.59 Å². The molecule has 0 atom stereocenters. The lowest BCUT2D eigenvalue weighted by atomic mass is 9.83. The number of carbonyl (C=O) groups excluding carboxylic acids is 1. The van der Waals surface area contributed by atoms with Gasteiger partial charge < -0.3 is 19.9 Å². The van der Waals surface area contributed by atoms with Gasteiger partial charge in [0.25, 0.3) is 0 Å². The standard InChI is InChI=1S/C14H19NO5/c1-14(2,13(18)15-8-12(16)17)9-5-6-10(19-3)11(7-9)20-4/h5-7H,8H2,1-4H3,(H,15,18)(H,16,17). The van der Waals surface area contributed by atoms with Crippen LogP contribution in [0.1, 0.15) is 19.4 Å². The average Bonchev–Trinajstić information content (AvgIpc) is 2.43. The van der Waals surface area contributed by atoms with Gasteiger partial charge in [0.15, 0.2) is 11.5 Å². The van der Waals surface area contributed by atoms with Crippen molar-refractivity contribution in [1.82, 2.24) is 5.32 Å². The number of methoxy groups -OCH3 is 2. The van der Waals surface area contributed by atoms with Crippen LogP contribution < -0.4 is 14.8 Å². The van der Waals surface area contributed by atoms with Crippen LogP contribution in [0.2, 0.25) is 0 Å². The normalized spacial score (nSPS) is 10.8. The molecular weight excluding hydrogens is 262 g/mol. The Hall–Kier alpha value is -2.24. The zero-order valence-corrected chi connectivity index (χ0v) is 12.0. The van der Waals surface area contributed by atoms with Gasteiger partial charge in [0.2, 0.25) is 5.91 Å². The van der Waals surface area contributed by atoms with Crippen LogP contribution in [0.4, 0.5) is 0 Å². The zero-order valence-electron chi connectivity index (χ0n) is 12.0. The first-order valence-electron chi connectivity index (χ1n) is 6.05. The molecule has 0 saturated heterocycles. The summed E-state index contributed by atoms with van der Waals surface area (Å²) >= 11 is 0. The van der Waals surface area contributed by atoms with E-state index in [4.69, 9.17) is 14.6 Å². The molecule has 0 unspecified atom stereocenters. The molecule has 0 aromatic heterocycles. The number of amides is 1. The van der Waals surface area contributed by atoms with Gasteiger partial charge in [-0.05, 0) is 31.5 Å². The summed E-state index contributed by atoms with van der Waals surface area (Å²) in [6.07, 6.45) is 0. The largest absolute Gasteiger partial charge is 0.493 e. The van der Waals surface area contributed by atoms with Crippen LogP contribution in [0, 0.1) is 0 Å². The molecule has 0 aliphatic heterocycles. The van der Waals surface area contributed by atoms with E-state index in [1.54, 1.807) is 32.0 Å². The number of hydrogen-bond acceptors (Lipinski definition) is 4. The molecule has 1 aromatic rings. The number of carboxylic acid groups (broad SMARTS) is 1. The van der Waals surface area contributed by atoms with E-state index in [1.165, 1.54) is 14.2 Å². The Kier molecular flexibility index (Phi) is 4.96. The summed E-state index contributed by atoms with van der Waals surface area (Å²) < 4.78 is 10.3. The van der Waals surface area contributed by atoms with Gasteiger partial charge >= 0.3 is 5.97 Å². The molecule has 20 heavy (non-hydrogen) atoms. The van der Waals surface area contributed by atoms with E-state index in [0.717, 1.165) is 0 Å². The van der Waals surface area contributed by atoms with Crippen LogP contribution >= 0.6 is 0 Å². The summed E-state index contributed by atoms with van der Waals surface area (Å²) in [4.78, 5) is 22.6. The molecule has 110 valence electrons. The summed E-state index contributed by atoms with van der Waals surface area (Å²) in [6, 6.07) is 5.17. The molecule has 0 fully saturated rings. The molecular formula is C14H19NO5. The monoisotopic (exact) mass is 281 g/mol. The van der Waals surface area contributed by atoms with Crippen LogP contribution in [0.5, 0.6) is 11.5 Å². The fourth-order valence-electron chi connectivity index (χ4n) is 1.73. The van der Waals surface area contributed by atoms with Crippen molar-refractivity contribution in [2.75, 3.05) is 20.8 Å². The van der Waals surface area contributed by atoms with Crippen LogP contribution in [-0.2, 0) is 15.0 Å². The molecule has 6 heteroatoms. The average molecular weight is 281 g/mol. The van der Waals surface area contributed by atoms with E-state index in [0.29, 0.717) is 17.1 Å². The minimum atomic E-state index is -1.08. The highest BCUT2D eigenvalue weighted by Gasteiger charge is 2.30. The molecule has 0 saturated carbocycles. The topological polar surface area (TPSA) is 84.9 Å². The Morgan fingerprint density at radius 3 is 2.30 bits per heavy atom. The second-order valence-electron chi connectivity index (χ2n) is 4.77. The first-order valence-corrected chi connectivity index (χ1v) is 6.05. The van der Waals surface area contributed by atoms with Crippen molar-refractivity contribution in [3.05, 3.63) is 23.8 Å². The third kappa shape index (κ3) is 3.40. The Labute approximate surface area is 117 Å². The SMILES string of the molecule is COc1ccc(C(C)(C)C(=O)NCC(=O)O)cc1OC. The fourth-order valence-corrected chi connectivity index (χ4v) is 1.73. The molecule has 2 N–H and O–H groups in total. The van der Waals surface area contributed by atoms with Crippen molar-refractivity contribution in [1.29, 1.82) is 0 Å². The third-order valence-corrected chi connectivity index (χ3v) is 3.07. The van der Waals surface area contributed by atoms with Gasteiger partial charge in [-0.25, -0.2) is 0 Å². The van der Waals surface area contributed by atoms with Crippen molar-refractivity contribution in [3.63, 3.8) is 0 Å². The highest BCUT2D eigenvalue weighted by Crippen LogP contribution is 2.33. The molecule has 0 bridgehead atoms. The Balaban J connectivity index is 3.02. The lowest BCUT2D eigenvalue weighted by Crippen LogP contribution is -2.42. The molecule has 1 rings (SSSR count). The fraction of sp³-hybridized carbons (Fsp3) is 0.429. The summed E-state index contributed by atoms with van der Waals surface area (Å²) in [5.41, 5.74) is -0.173. The van der Waals surface area contributed by atoms with E-state index in [1.807, 2.05) is 0 Å². The molecule has 0 spiro atoms.